The van der Waals surface area contributed by atoms with Gasteiger partial charge in [-0.15, -0.1) is 0 Å². The molecule has 0 aliphatic carbocycles. The van der Waals surface area contributed by atoms with Gasteiger partial charge in [0.1, 0.15) is 5.60 Å². The van der Waals surface area contributed by atoms with E-state index < -0.39 is 11.6 Å². The van der Waals surface area contributed by atoms with Gasteiger partial charge in [0, 0.05) is 23.6 Å². The zero-order chi connectivity index (χ0) is 21.1. The molecule has 1 N–H and O–H groups in total. The molecule has 0 saturated carbocycles. The number of hydrogen-bond acceptors (Lipinski definition) is 5. The summed E-state index contributed by atoms with van der Waals surface area (Å²) in [6.45, 7) is 9.01. The maximum absolute atomic E-state index is 12.2. The molecule has 1 fully saturated rings. The first-order valence-corrected chi connectivity index (χ1v) is 10.5. The Bertz CT molecular complexity index is 728. The van der Waals surface area contributed by atoms with E-state index in [4.69, 9.17) is 21.1 Å². The van der Waals surface area contributed by atoms with E-state index in [1.807, 2.05) is 20.8 Å². The second-order valence-electron chi connectivity index (χ2n) is 8.05. The van der Waals surface area contributed by atoms with Crippen LogP contribution in [-0.2, 0) is 9.47 Å². The Morgan fingerprint density at radius 1 is 1.29 bits per heavy atom. The summed E-state index contributed by atoms with van der Waals surface area (Å²) >= 11 is 9.78. The second kappa shape index (κ2) is 9.35. The standard InChI is InChI=1S/C20H28BrClN2O4/c1-12(13-6-8-24(9-7-13)19(26)28-20(2,3)4)23-16-11-14(18(25)27-5)10-15(21)17(16)22/h10-13,23H,6-9H2,1-5H3. The van der Waals surface area contributed by atoms with Crippen molar-refractivity contribution in [2.45, 2.75) is 52.2 Å². The Morgan fingerprint density at radius 3 is 2.43 bits per heavy atom. The number of rotatable bonds is 4. The summed E-state index contributed by atoms with van der Waals surface area (Å²) in [6, 6.07) is 3.47. The third kappa shape index (κ3) is 6.01. The van der Waals surface area contributed by atoms with E-state index in [1.165, 1.54) is 7.11 Å². The van der Waals surface area contributed by atoms with Crippen molar-refractivity contribution in [1.29, 1.82) is 0 Å². The van der Waals surface area contributed by atoms with Gasteiger partial charge in [-0.05, 0) is 74.5 Å². The summed E-state index contributed by atoms with van der Waals surface area (Å²) in [7, 11) is 1.35. The number of benzene rings is 1. The number of amides is 1. The molecule has 8 heteroatoms. The average Bonchev–Trinajstić information content (AvgIpc) is 2.63. The summed E-state index contributed by atoms with van der Waals surface area (Å²) in [5, 5.41) is 3.94. The van der Waals surface area contributed by atoms with Crippen molar-refractivity contribution < 1.29 is 19.1 Å². The number of halogens is 2. The number of nitrogens with zero attached hydrogens (tertiary/aromatic N) is 1. The molecule has 1 aliphatic heterocycles. The zero-order valence-electron chi connectivity index (χ0n) is 17.0. The van der Waals surface area contributed by atoms with E-state index >= 15 is 0 Å². The monoisotopic (exact) mass is 474 g/mol. The van der Waals surface area contributed by atoms with Crippen LogP contribution in [0.3, 0.4) is 0 Å². The Morgan fingerprint density at radius 2 is 1.89 bits per heavy atom. The molecule has 156 valence electrons. The topological polar surface area (TPSA) is 67.9 Å². The van der Waals surface area contributed by atoms with Crippen molar-refractivity contribution in [1.82, 2.24) is 4.90 Å². The van der Waals surface area contributed by atoms with Crippen LogP contribution >= 0.6 is 27.5 Å². The van der Waals surface area contributed by atoms with Crippen molar-refractivity contribution in [3.8, 4) is 0 Å². The number of anilines is 1. The molecule has 1 atom stereocenters. The van der Waals surface area contributed by atoms with Gasteiger partial charge in [0.05, 0.1) is 23.4 Å². The third-order valence-corrected chi connectivity index (χ3v) is 5.99. The lowest BCUT2D eigenvalue weighted by Gasteiger charge is -2.36. The number of methoxy groups -OCH3 is 1. The van der Waals surface area contributed by atoms with Crippen molar-refractivity contribution in [2.24, 2.45) is 5.92 Å². The molecule has 1 aromatic carbocycles. The Labute approximate surface area is 180 Å². The van der Waals surface area contributed by atoms with Crippen molar-refractivity contribution in [2.75, 3.05) is 25.5 Å². The third-order valence-electron chi connectivity index (χ3n) is 4.73. The highest BCUT2D eigenvalue weighted by atomic mass is 79.9. The number of hydrogen-bond donors (Lipinski definition) is 1. The summed E-state index contributed by atoms with van der Waals surface area (Å²) in [4.78, 5) is 25.8. The van der Waals surface area contributed by atoms with E-state index in [9.17, 15) is 9.59 Å². The molecule has 1 amide bonds. The summed E-state index contributed by atoms with van der Waals surface area (Å²) in [5.41, 5.74) is 0.615. The maximum Gasteiger partial charge on any atom is 0.410 e. The van der Waals surface area contributed by atoms with Crippen LogP contribution in [0.1, 0.15) is 50.9 Å². The Kier molecular flexibility index (Phi) is 7.62. The lowest BCUT2D eigenvalue weighted by Crippen LogP contribution is -2.44. The molecule has 1 aliphatic rings. The average molecular weight is 476 g/mol. The molecule has 0 radical (unpaired) electrons. The molecule has 1 unspecified atom stereocenters. The fourth-order valence-corrected chi connectivity index (χ4v) is 3.83. The van der Waals surface area contributed by atoms with Gasteiger partial charge < -0.3 is 19.7 Å². The van der Waals surface area contributed by atoms with Crippen LogP contribution < -0.4 is 5.32 Å². The number of carbonyl (C=O) groups excluding carboxylic acids is 2. The quantitative estimate of drug-likeness (QED) is 0.596. The lowest BCUT2D eigenvalue weighted by atomic mass is 9.90. The van der Waals surface area contributed by atoms with Crippen LogP contribution in [0.5, 0.6) is 0 Å². The first kappa shape index (κ1) is 22.8. The first-order chi connectivity index (χ1) is 13.0. The Balaban J connectivity index is 1.99. The van der Waals surface area contributed by atoms with Gasteiger partial charge in [-0.1, -0.05) is 11.6 Å². The first-order valence-electron chi connectivity index (χ1n) is 9.33. The van der Waals surface area contributed by atoms with Crippen molar-refractivity contribution >= 4 is 45.3 Å². The maximum atomic E-state index is 12.2. The van der Waals surface area contributed by atoms with Crippen molar-refractivity contribution in [3.63, 3.8) is 0 Å². The Hall–Kier alpha value is -1.47. The van der Waals surface area contributed by atoms with Crippen molar-refractivity contribution in [3.05, 3.63) is 27.2 Å². The summed E-state index contributed by atoms with van der Waals surface area (Å²) in [5.74, 6) is -0.0472. The predicted octanol–water partition coefficient (Wildman–Crippen LogP) is 5.34. The number of ether oxygens (including phenoxy) is 2. The van der Waals surface area contributed by atoms with Crippen LogP contribution in [0.15, 0.2) is 16.6 Å². The minimum Gasteiger partial charge on any atom is -0.465 e. The molecular weight excluding hydrogens is 448 g/mol. The molecule has 1 saturated heterocycles. The van der Waals surface area contributed by atoms with E-state index in [0.717, 1.165) is 12.8 Å². The molecule has 0 bridgehead atoms. The fraction of sp³-hybridized carbons (Fsp3) is 0.600. The van der Waals surface area contributed by atoms with Crippen LogP contribution in [0.25, 0.3) is 0 Å². The van der Waals surface area contributed by atoms with Crippen LogP contribution in [-0.4, -0.2) is 48.8 Å². The van der Waals surface area contributed by atoms with Gasteiger partial charge in [0.15, 0.2) is 0 Å². The van der Waals surface area contributed by atoms with Gasteiger partial charge >= 0.3 is 12.1 Å². The van der Waals surface area contributed by atoms with Gasteiger partial charge in [-0.3, -0.25) is 0 Å². The van der Waals surface area contributed by atoms with E-state index in [0.29, 0.717) is 39.8 Å². The lowest BCUT2D eigenvalue weighted by molar-refractivity contribution is 0.0179. The second-order valence-corrected chi connectivity index (χ2v) is 9.28. The minimum absolute atomic E-state index is 0.123. The number of likely N-dealkylation sites (tertiary alicyclic amines) is 1. The highest BCUT2D eigenvalue weighted by molar-refractivity contribution is 9.10. The van der Waals surface area contributed by atoms with Gasteiger partial charge in [-0.2, -0.15) is 0 Å². The molecule has 0 aromatic heterocycles. The zero-order valence-corrected chi connectivity index (χ0v) is 19.3. The van der Waals surface area contributed by atoms with Crippen LogP contribution in [0, 0.1) is 5.92 Å². The molecule has 1 aromatic rings. The van der Waals surface area contributed by atoms with E-state index in [1.54, 1.807) is 17.0 Å². The van der Waals surface area contributed by atoms with Gasteiger partial charge in [0.2, 0.25) is 0 Å². The summed E-state index contributed by atoms with van der Waals surface area (Å²) in [6.07, 6.45) is 1.47. The molecule has 1 heterocycles. The highest BCUT2D eigenvalue weighted by Gasteiger charge is 2.29. The fourth-order valence-electron chi connectivity index (χ4n) is 3.20. The summed E-state index contributed by atoms with van der Waals surface area (Å²) < 4.78 is 10.9. The number of nitrogens with one attached hydrogen (secondary N) is 1. The molecule has 28 heavy (non-hydrogen) atoms. The largest absolute Gasteiger partial charge is 0.465 e. The molecule has 6 nitrogen and oxygen atoms in total. The number of carbonyl (C=O) groups is 2. The van der Waals surface area contributed by atoms with Gasteiger partial charge in [0.25, 0.3) is 0 Å². The normalized spacial score (nSPS) is 16.5. The van der Waals surface area contributed by atoms with Crippen LogP contribution in [0.4, 0.5) is 10.5 Å². The smallest absolute Gasteiger partial charge is 0.410 e. The highest BCUT2D eigenvalue weighted by Crippen LogP contribution is 2.34. The van der Waals surface area contributed by atoms with E-state index in [-0.39, 0.29) is 12.1 Å². The number of piperidine rings is 1. The van der Waals surface area contributed by atoms with E-state index in [2.05, 4.69) is 28.2 Å². The predicted molar refractivity (Wildman–Crippen MR) is 114 cm³/mol. The molecule has 2 rings (SSSR count). The molecule has 0 spiro atoms. The number of esters is 1. The van der Waals surface area contributed by atoms with Gasteiger partial charge in [-0.25, -0.2) is 9.59 Å². The molecular formula is C20H28BrClN2O4. The minimum atomic E-state index is -0.489. The van der Waals surface area contributed by atoms with Crippen LogP contribution in [0.2, 0.25) is 5.02 Å². The SMILES string of the molecule is COC(=O)c1cc(Br)c(Cl)c(NC(C)C2CCN(C(=O)OC(C)(C)C)CC2)c1.